The van der Waals surface area contributed by atoms with E-state index in [1.165, 1.54) is 10.4 Å². The van der Waals surface area contributed by atoms with Crippen LogP contribution in [0.15, 0.2) is 11.0 Å². The second kappa shape index (κ2) is 7.92. The Labute approximate surface area is 164 Å². The average Bonchev–Trinajstić information content (AvgIpc) is 2.94. The first-order valence-corrected chi connectivity index (χ1v) is 10.6. The van der Waals surface area contributed by atoms with E-state index in [1.54, 1.807) is 34.6 Å². The predicted molar refractivity (Wildman–Crippen MR) is 101 cm³/mol. The van der Waals surface area contributed by atoms with Crippen LogP contribution in [0.4, 0.5) is 0 Å². The van der Waals surface area contributed by atoms with Crippen molar-refractivity contribution in [1.82, 2.24) is 4.31 Å². The van der Waals surface area contributed by atoms with Crippen LogP contribution < -0.4 is 4.74 Å². The lowest BCUT2D eigenvalue weighted by Crippen LogP contribution is -2.42. The van der Waals surface area contributed by atoms with Crippen LogP contribution in [0.3, 0.4) is 0 Å². The third-order valence-electron chi connectivity index (χ3n) is 3.99. The van der Waals surface area contributed by atoms with E-state index in [0.717, 1.165) is 0 Å². The minimum Gasteiger partial charge on any atom is -0.476 e. The lowest BCUT2D eigenvalue weighted by molar-refractivity contribution is -0.150. The van der Waals surface area contributed by atoms with Gasteiger partial charge in [-0.15, -0.1) is 0 Å². The van der Waals surface area contributed by atoms with Gasteiger partial charge >= 0.3 is 5.97 Å². The maximum absolute atomic E-state index is 13.2. The molecule has 1 aliphatic heterocycles. The highest BCUT2D eigenvalue weighted by atomic mass is 35.5. The predicted octanol–water partition coefficient (Wildman–Crippen LogP) is 3.67. The van der Waals surface area contributed by atoms with Gasteiger partial charge < -0.3 is 9.47 Å². The van der Waals surface area contributed by atoms with Gasteiger partial charge in [0.1, 0.15) is 15.7 Å². The van der Waals surface area contributed by atoms with Crippen molar-refractivity contribution in [3.05, 3.63) is 21.7 Å². The van der Waals surface area contributed by atoms with Crippen molar-refractivity contribution in [2.24, 2.45) is 0 Å². The number of carbonyl (C=O) groups is 1. The topological polar surface area (TPSA) is 72.9 Å². The quantitative estimate of drug-likeness (QED) is 0.652. The number of sulfonamides is 1. The smallest absolute Gasteiger partial charge is 0.347 e. The number of halogens is 2. The molecule has 0 radical (unpaired) electrons. The molecule has 0 saturated heterocycles. The Kier molecular flexibility index (Phi) is 6.48. The van der Waals surface area contributed by atoms with E-state index in [4.69, 9.17) is 32.7 Å². The van der Waals surface area contributed by atoms with Gasteiger partial charge in [-0.1, -0.05) is 23.2 Å². The number of hydrogen-bond acceptors (Lipinski definition) is 5. The number of ether oxygens (including phenoxy) is 2. The highest BCUT2D eigenvalue weighted by Gasteiger charge is 2.38. The second-order valence-electron chi connectivity index (χ2n) is 6.58. The van der Waals surface area contributed by atoms with Gasteiger partial charge in [0.2, 0.25) is 10.0 Å². The molecule has 0 saturated carbocycles. The molecule has 0 bridgehead atoms. The molecule has 26 heavy (non-hydrogen) atoms. The van der Waals surface area contributed by atoms with Crippen LogP contribution in [0.25, 0.3) is 0 Å². The highest BCUT2D eigenvalue weighted by molar-refractivity contribution is 7.89. The van der Waals surface area contributed by atoms with Crippen molar-refractivity contribution >= 4 is 39.2 Å². The molecule has 0 amide bonds. The summed E-state index contributed by atoms with van der Waals surface area (Å²) in [6, 6.07) is 0.925. The average molecular weight is 424 g/mol. The Morgan fingerprint density at radius 3 is 2.35 bits per heavy atom. The van der Waals surface area contributed by atoms with Crippen LogP contribution in [0.1, 0.15) is 40.2 Å². The third-order valence-corrected chi connectivity index (χ3v) is 7.23. The first-order valence-electron chi connectivity index (χ1n) is 8.40. The van der Waals surface area contributed by atoms with Gasteiger partial charge in [-0.2, -0.15) is 4.31 Å². The minimum atomic E-state index is -3.88. The summed E-state index contributed by atoms with van der Waals surface area (Å²) in [4.78, 5) is 11.8. The van der Waals surface area contributed by atoms with Crippen molar-refractivity contribution in [3.63, 3.8) is 0 Å². The zero-order valence-corrected chi connectivity index (χ0v) is 17.7. The maximum Gasteiger partial charge on any atom is 0.347 e. The first-order chi connectivity index (χ1) is 12.0. The van der Waals surface area contributed by atoms with E-state index in [0.29, 0.717) is 5.56 Å². The monoisotopic (exact) mass is 423 g/mol. The molecule has 1 heterocycles. The summed E-state index contributed by atoms with van der Waals surface area (Å²) in [6.45, 7) is 9.09. The van der Waals surface area contributed by atoms with Crippen molar-refractivity contribution in [1.29, 1.82) is 0 Å². The molecule has 9 heteroatoms. The zero-order chi connectivity index (χ0) is 19.8. The van der Waals surface area contributed by atoms with Crippen LogP contribution in [0.5, 0.6) is 5.75 Å². The second-order valence-corrected chi connectivity index (χ2v) is 9.14. The molecule has 0 aliphatic carbocycles. The van der Waals surface area contributed by atoms with E-state index in [9.17, 15) is 13.2 Å². The van der Waals surface area contributed by atoms with Crippen LogP contribution in [0.2, 0.25) is 10.0 Å². The molecule has 2 rings (SSSR count). The van der Waals surface area contributed by atoms with Gasteiger partial charge in [0.05, 0.1) is 11.6 Å². The number of rotatable bonds is 6. The fourth-order valence-electron chi connectivity index (χ4n) is 3.12. The molecule has 0 N–H and O–H groups in total. The summed E-state index contributed by atoms with van der Waals surface area (Å²) in [5.74, 6) is -0.291. The molecule has 1 aliphatic rings. The highest BCUT2D eigenvalue weighted by Crippen LogP contribution is 2.45. The van der Waals surface area contributed by atoms with Crippen molar-refractivity contribution in [2.45, 2.75) is 64.1 Å². The minimum absolute atomic E-state index is 0.0120. The SMILES string of the molecule is CCOC(=O)C1Cc2cc(S(=O)(=O)N(C(C)C)C(C)C)c(Cl)c(Cl)c2O1. The molecule has 6 nitrogen and oxygen atoms in total. The first kappa shape index (κ1) is 21.3. The third kappa shape index (κ3) is 3.81. The molecule has 1 atom stereocenters. The van der Waals surface area contributed by atoms with Crippen LogP contribution in [-0.4, -0.2) is 43.5 Å². The zero-order valence-electron chi connectivity index (χ0n) is 15.4. The summed E-state index contributed by atoms with van der Waals surface area (Å²) in [7, 11) is -3.88. The van der Waals surface area contributed by atoms with Crippen molar-refractivity contribution in [3.8, 4) is 5.75 Å². The lowest BCUT2D eigenvalue weighted by atomic mass is 10.1. The van der Waals surface area contributed by atoms with E-state index in [1.807, 2.05) is 0 Å². The summed E-state index contributed by atoms with van der Waals surface area (Å²) in [5.41, 5.74) is 0.517. The fourth-order valence-corrected chi connectivity index (χ4v) is 5.83. The normalized spacial score (nSPS) is 16.9. The van der Waals surface area contributed by atoms with Crippen LogP contribution in [-0.2, 0) is 26.0 Å². The van der Waals surface area contributed by atoms with Crippen molar-refractivity contribution in [2.75, 3.05) is 6.61 Å². The molecule has 1 aromatic rings. The van der Waals surface area contributed by atoms with Crippen LogP contribution >= 0.6 is 23.2 Å². The molecule has 0 spiro atoms. The van der Waals surface area contributed by atoms with E-state index in [-0.39, 0.29) is 45.8 Å². The number of esters is 1. The molecule has 1 aromatic carbocycles. The molecular weight excluding hydrogens is 401 g/mol. The fraction of sp³-hybridized carbons (Fsp3) is 0.588. The van der Waals surface area contributed by atoms with E-state index in [2.05, 4.69) is 0 Å². The summed E-state index contributed by atoms with van der Waals surface area (Å²) in [5, 5.41) is -0.122. The van der Waals surface area contributed by atoms with Gasteiger partial charge in [0.15, 0.2) is 6.10 Å². The number of fused-ring (bicyclic) bond motifs is 1. The Morgan fingerprint density at radius 1 is 1.27 bits per heavy atom. The van der Waals surface area contributed by atoms with Gasteiger partial charge in [0.25, 0.3) is 0 Å². The Bertz CT molecular complexity index is 800. The molecule has 1 unspecified atom stereocenters. The molecule has 146 valence electrons. The summed E-state index contributed by atoms with van der Waals surface area (Å²) in [6.07, 6.45) is -0.681. The van der Waals surface area contributed by atoms with E-state index >= 15 is 0 Å². The standard InChI is InChI=1S/C17H23Cl2NO5S/c1-6-24-17(21)12-7-11-8-13(14(18)15(19)16(11)25-12)26(22,23)20(9(2)3)10(4)5/h8-10,12H,6-7H2,1-5H3. The van der Waals surface area contributed by atoms with E-state index < -0.39 is 22.1 Å². The Balaban J connectivity index is 2.51. The summed E-state index contributed by atoms with van der Waals surface area (Å²) < 4.78 is 38.2. The number of carbonyl (C=O) groups excluding carboxylic acids is 1. The molecular formula is C17H23Cl2NO5S. The Morgan fingerprint density at radius 2 is 1.85 bits per heavy atom. The lowest BCUT2D eigenvalue weighted by Gasteiger charge is -2.30. The molecule has 0 fully saturated rings. The van der Waals surface area contributed by atoms with Crippen LogP contribution in [0, 0.1) is 0 Å². The van der Waals surface area contributed by atoms with Gasteiger partial charge in [-0.05, 0) is 40.7 Å². The largest absolute Gasteiger partial charge is 0.476 e. The van der Waals surface area contributed by atoms with Gasteiger partial charge in [-0.25, -0.2) is 13.2 Å². The number of benzene rings is 1. The van der Waals surface area contributed by atoms with Gasteiger partial charge in [-0.3, -0.25) is 0 Å². The van der Waals surface area contributed by atoms with Gasteiger partial charge in [0, 0.05) is 24.1 Å². The molecule has 0 aromatic heterocycles. The number of hydrogen-bond donors (Lipinski definition) is 0. The summed E-state index contributed by atoms with van der Waals surface area (Å²) >= 11 is 12.5. The number of nitrogens with zero attached hydrogens (tertiary/aromatic N) is 1. The van der Waals surface area contributed by atoms with Crippen molar-refractivity contribution < 1.29 is 22.7 Å². The Hall–Kier alpha value is -1.02. The maximum atomic E-state index is 13.2.